The molecule has 2 amide bonds. The van der Waals surface area contributed by atoms with Gasteiger partial charge in [0.25, 0.3) is 0 Å². The maximum absolute atomic E-state index is 12.8. The fourth-order valence-electron chi connectivity index (χ4n) is 5.04. The Morgan fingerprint density at radius 3 is 2.48 bits per heavy atom. The van der Waals surface area contributed by atoms with Crippen LogP contribution in [0.3, 0.4) is 0 Å². The molecule has 2 bridgehead atoms. The molecule has 2 N–H and O–H groups in total. The SMILES string of the molecule is CN=C(NCCN1C(=O)C2C3C=CC(C3)C2C1=O)NCc1nncn1-c1ccccc1. The summed E-state index contributed by atoms with van der Waals surface area (Å²) in [6.45, 7) is 1.20. The zero-order valence-electron chi connectivity index (χ0n) is 17.3. The maximum atomic E-state index is 12.8. The van der Waals surface area contributed by atoms with Crippen LogP contribution in [0.4, 0.5) is 0 Å². The second-order valence-electron chi connectivity index (χ2n) is 8.13. The van der Waals surface area contributed by atoms with Gasteiger partial charge in [-0.1, -0.05) is 30.4 Å². The molecule has 9 nitrogen and oxygen atoms in total. The van der Waals surface area contributed by atoms with Gasteiger partial charge in [0.15, 0.2) is 11.8 Å². The first-order valence-corrected chi connectivity index (χ1v) is 10.6. The van der Waals surface area contributed by atoms with Crippen molar-refractivity contribution in [3.05, 3.63) is 54.6 Å². The molecule has 9 heteroatoms. The molecule has 4 unspecified atom stereocenters. The first kappa shape index (κ1) is 19.5. The molecular formula is C22H25N7O2. The molecular weight excluding hydrogens is 394 g/mol. The molecule has 2 heterocycles. The van der Waals surface area contributed by atoms with E-state index in [0.717, 1.165) is 17.9 Å². The highest BCUT2D eigenvalue weighted by atomic mass is 16.2. The smallest absolute Gasteiger partial charge is 0.233 e. The number of rotatable bonds is 6. The number of para-hydroxylation sites is 1. The van der Waals surface area contributed by atoms with Crippen molar-refractivity contribution in [2.45, 2.75) is 13.0 Å². The number of aliphatic imine (C=N–C) groups is 1. The third kappa shape index (κ3) is 3.39. The lowest BCUT2D eigenvalue weighted by Crippen LogP contribution is -2.43. The molecule has 2 aromatic rings. The van der Waals surface area contributed by atoms with Crippen LogP contribution < -0.4 is 10.6 Å². The number of carbonyl (C=O) groups excluding carboxylic acids is 2. The summed E-state index contributed by atoms with van der Waals surface area (Å²) in [5.74, 6) is 1.45. The summed E-state index contributed by atoms with van der Waals surface area (Å²) >= 11 is 0. The number of amides is 2. The lowest BCUT2D eigenvalue weighted by molar-refractivity contribution is -0.140. The number of allylic oxidation sites excluding steroid dienone is 2. The van der Waals surface area contributed by atoms with Gasteiger partial charge in [-0.3, -0.25) is 24.0 Å². The van der Waals surface area contributed by atoms with Crippen molar-refractivity contribution in [3.8, 4) is 5.69 Å². The summed E-state index contributed by atoms with van der Waals surface area (Å²) < 4.78 is 1.91. The van der Waals surface area contributed by atoms with Crippen molar-refractivity contribution in [3.63, 3.8) is 0 Å². The van der Waals surface area contributed by atoms with Gasteiger partial charge in [0.1, 0.15) is 6.33 Å². The number of nitrogens with one attached hydrogen (secondary N) is 2. The van der Waals surface area contributed by atoms with E-state index in [9.17, 15) is 9.59 Å². The Labute approximate surface area is 180 Å². The van der Waals surface area contributed by atoms with Gasteiger partial charge in [-0.25, -0.2) is 0 Å². The highest BCUT2D eigenvalue weighted by molar-refractivity contribution is 6.06. The molecule has 5 rings (SSSR count). The number of aromatic nitrogens is 3. The zero-order valence-corrected chi connectivity index (χ0v) is 17.3. The van der Waals surface area contributed by atoms with Crippen LogP contribution in [0.15, 0.2) is 53.8 Å². The third-order valence-electron chi connectivity index (χ3n) is 6.48. The van der Waals surface area contributed by atoms with E-state index < -0.39 is 0 Å². The van der Waals surface area contributed by atoms with Gasteiger partial charge >= 0.3 is 0 Å². The van der Waals surface area contributed by atoms with Crippen molar-refractivity contribution in [1.82, 2.24) is 30.3 Å². The van der Waals surface area contributed by atoms with Gasteiger partial charge < -0.3 is 10.6 Å². The Morgan fingerprint density at radius 2 is 1.81 bits per heavy atom. The standard InChI is InChI=1S/C22H25N7O2/c1-23-22(25-12-17-27-26-13-29(17)16-5-3-2-4-6-16)24-9-10-28-20(30)18-14-7-8-15(11-14)19(18)21(28)31/h2-8,13-15,18-19H,9-12H2,1H3,(H2,23,24,25). The number of nitrogens with zero attached hydrogens (tertiary/aromatic N) is 5. The normalized spacial score (nSPS) is 26.6. The summed E-state index contributed by atoms with van der Waals surface area (Å²) in [7, 11) is 1.68. The highest BCUT2D eigenvalue weighted by Gasteiger charge is 2.58. The van der Waals surface area contributed by atoms with Gasteiger partial charge in [0.05, 0.1) is 18.4 Å². The minimum Gasteiger partial charge on any atom is -0.355 e. The van der Waals surface area contributed by atoms with Crippen molar-refractivity contribution in [1.29, 1.82) is 0 Å². The molecule has 3 aliphatic rings. The van der Waals surface area contributed by atoms with E-state index in [1.807, 2.05) is 34.9 Å². The van der Waals surface area contributed by atoms with Crippen LogP contribution in [0.25, 0.3) is 5.69 Å². The molecule has 1 aromatic carbocycles. The Morgan fingerprint density at radius 1 is 1.10 bits per heavy atom. The van der Waals surface area contributed by atoms with Crippen molar-refractivity contribution < 1.29 is 9.59 Å². The molecule has 0 spiro atoms. The third-order valence-corrected chi connectivity index (χ3v) is 6.48. The van der Waals surface area contributed by atoms with Crippen molar-refractivity contribution >= 4 is 17.8 Å². The van der Waals surface area contributed by atoms with Gasteiger partial charge in [-0.2, -0.15) is 0 Å². The Bertz CT molecular complexity index is 1020. The predicted molar refractivity (Wildman–Crippen MR) is 114 cm³/mol. The van der Waals surface area contributed by atoms with Crippen LogP contribution >= 0.6 is 0 Å². The van der Waals surface area contributed by atoms with Crippen molar-refractivity contribution in [2.75, 3.05) is 20.1 Å². The monoisotopic (exact) mass is 419 g/mol. The number of guanidine groups is 1. The number of hydrogen-bond donors (Lipinski definition) is 2. The minimum absolute atomic E-state index is 0.0208. The molecule has 4 atom stereocenters. The quantitative estimate of drug-likeness (QED) is 0.310. The number of benzene rings is 1. The Hall–Kier alpha value is -3.49. The fraction of sp³-hybridized carbons (Fsp3) is 0.409. The molecule has 2 fully saturated rings. The number of likely N-dealkylation sites (tertiary alicyclic amines) is 1. The van der Waals surface area contributed by atoms with Gasteiger partial charge in [0.2, 0.25) is 11.8 Å². The zero-order chi connectivity index (χ0) is 21.4. The van der Waals surface area contributed by atoms with Crippen molar-refractivity contribution in [2.24, 2.45) is 28.7 Å². The van der Waals surface area contributed by atoms with Crippen LogP contribution in [-0.4, -0.2) is 57.6 Å². The number of imide groups is 1. The van der Waals surface area contributed by atoms with Crippen LogP contribution in [0, 0.1) is 23.7 Å². The van der Waals surface area contributed by atoms with E-state index in [-0.39, 0.29) is 35.5 Å². The van der Waals surface area contributed by atoms with Crippen LogP contribution in [0.2, 0.25) is 0 Å². The molecule has 1 saturated heterocycles. The van der Waals surface area contributed by atoms with E-state index in [1.54, 1.807) is 13.4 Å². The van der Waals surface area contributed by atoms with Crippen LogP contribution in [-0.2, 0) is 16.1 Å². The Kier molecular flexibility index (Phi) is 5.01. The van der Waals surface area contributed by atoms with E-state index in [1.165, 1.54) is 4.90 Å². The number of hydrogen-bond acceptors (Lipinski definition) is 5. The number of fused-ring (bicyclic) bond motifs is 5. The maximum Gasteiger partial charge on any atom is 0.233 e. The van der Waals surface area contributed by atoms with Gasteiger partial charge in [0, 0.05) is 25.8 Å². The molecule has 2 aliphatic carbocycles. The largest absolute Gasteiger partial charge is 0.355 e. The molecule has 31 heavy (non-hydrogen) atoms. The molecule has 1 saturated carbocycles. The summed E-state index contributed by atoms with van der Waals surface area (Å²) in [4.78, 5) is 31.2. The van der Waals surface area contributed by atoms with E-state index in [4.69, 9.17) is 0 Å². The summed E-state index contributed by atoms with van der Waals surface area (Å²) in [5.41, 5.74) is 0.979. The molecule has 0 radical (unpaired) electrons. The number of carbonyl (C=O) groups is 2. The molecule has 1 aromatic heterocycles. The molecule has 160 valence electrons. The topological polar surface area (TPSA) is 105 Å². The van der Waals surface area contributed by atoms with E-state index in [0.29, 0.717) is 25.6 Å². The van der Waals surface area contributed by atoms with Crippen LogP contribution in [0.5, 0.6) is 0 Å². The summed E-state index contributed by atoms with van der Waals surface area (Å²) in [6.07, 6.45) is 6.84. The van der Waals surface area contributed by atoms with E-state index in [2.05, 4.69) is 38.0 Å². The lowest BCUT2D eigenvalue weighted by Gasteiger charge is -2.18. The van der Waals surface area contributed by atoms with Crippen LogP contribution in [0.1, 0.15) is 12.2 Å². The predicted octanol–water partition coefficient (Wildman–Crippen LogP) is 0.739. The average molecular weight is 419 g/mol. The minimum atomic E-state index is -0.149. The fourth-order valence-corrected chi connectivity index (χ4v) is 5.04. The first-order valence-electron chi connectivity index (χ1n) is 10.6. The second-order valence-corrected chi connectivity index (χ2v) is 8.13. The first-order chi connectivity index (χ1) is 15.2. The second kappa shape index (κ2) is 7.98. The van der Waals surface area contributed by atoms with Gasteiger partial charge in [-0.05, 0) is 30.4 Å². The Balaban J connectivity index is 1.14. The summed E-state index contributed by atoms with van der Waals surface area (Å²) in [6, 6.07) is 9.86. The average Bonchev–Trinajstić information content (AvgIpc) is 3.57. The summed E-state index contributed by atoms with van der Waals surface area (Å²) in [5, 5.41) is 14.6. The van der Waals surface area contributed by atoms with Gasteiger partial charge in [-0.15, -0.1) is 10.2 Å². The van der Waals surface area contributed by atoms with E-state index >= 15 is 0 Å². The molecule has 1 aliphatic heterocycles. The highest BCUT2D eigenvalue weighted by Crippen LogP contribution is 2.52. The lowest BCUT2D eigenvalue weighted by atomic mass is 9.85.